The fourth-order valence-electron chi connectivity index (χ4n) is 2.23. The lowest BCUT2D eigenvalue weighted by Crippen LogP contribution is -2.47. The van der Waals surface area contributed by atoms with Crippen molar-refractivity contribution in [1.29, 1.82) is 0 Å². The molecule has 1 fully saturated rings. The van der Waals surface area contributed by atoms with E-state index in [0.29, 0.717) is 5.69 Å². The van der Waals surface area contributed by atoms with Crippen LogP contribution in [0, 0.1) is 5.82 Å². The van der Waals surface area contributed by atoms with Gasteiger partial charge in [-0.05, 0) is 24.3 Å². The lowest BCUT2D eigenvalue weighted by molar-refractivity contribution is -0.141. The number of benzene rings is 1. The van der Waals surface area contributed by atoms with E-state index < -0.39 is 30.0 Å². The van der Waals surface area contributed by atoms with E-state index in [1.165, 1.54) is 36.2 Å². The number of hydrogen-bond acceptors (Lipinski definition) is 3. The van der Waals surface area contributed by atoms with Gasteiger partial charge in [-0.25, -0.2) is 14.0 Å². The Morgan fingerprint density at radius 3 is 2.50 bits per heavy atom. The third kappa shape index (κ3) is 2.72. The highest BCUT2D eigenvalue weighted by Gasteiger charge is 2.40. The number of β-amino-alcohol motifs (C(OH)–C–C–N with tert-alkyl or cyclic N) is 1. The molecule has 0 spiro atoms. The number of urea groups is 1. The number of carboxylic acid groups (broad SMARTS) is 1. The van der Waals surface area contributed by atoms with Gasteiger partial charge in [-0.1, -0.05) is 0 Å². The van der Waals surface area contributed by atoms with Crippen LogP contribution < -0.4 is 4.90 Å². The summed E-state index contributed by atoms with van der Waals surface area (Å²) >= 11 is 0. The van der Waals surface area contributed by atoms with Gasteiger partial charge in [0.2, 0.25) is 0 Å². The molecule has 108 valence electrons. The summed E-state index contributed by atoms with van der Waals surface area (Å²) in [6.45, 7) is -0.0265. The van der Waals surface area contributed by atoms with Gasteiger partial charge in [-0.3, -0.25) is 4.90 Å². The van der Waals surface area contributed by atoms with Crippen LogP contribution in [-0.2, 0) is 4.79 Å². The predicted octanol–water partition coefficient (Wildman–Crippen LogP) is 0.902. The Morgan fingerprint density at radius 1 is 1.35 bits per heavy atom. The molecule has 1 heterocycles. The molecular formula is C13H15FN2O4. The minimum atomic E-state index is -1.15. The maximum Gasteiger partial charge on any atom is 0.326 e. The first-order chi connectivity index (χ1) is 9.40. The summed E-state index contributed by atoms with van der Waals surface area (Å²) in [5.74, 6) is -1.57. The van der Waals surface area contributed by atoms with Crippen molar-refractivity contribution >= 4 is 17.7 Å². The van der Waals surface area contributed by atoms with Gasteiger partial charge in [-0.2, -0.15) is 0 Å². The normalized spacial score (nSPS) is 21.9. The molecule has 1 unspecified atom stereocenters. The summed E-state index contributed by atoms with van der Waals surface area (Å²) in [6.07, 6.45) is -0.833. The molecule has 0 bridgehead atoms. The van der Waals surface area contributed by atoms with Crippen LogP contribution in [0.25, 0.3) is 0 Å². The third-order valence-corrected chi connectivity index (χ3v) is 3.31. The van der Waals surface area contributed by atoms with Crippen LogP contribution in [0.3, 0.4) is 0 Å². The zero-order valence-corrected chi connectivity index (χ0v) is 10.9. The van der Waals surface area contributed by atoms with Crippen molar-refractivity contribution in [3.8, 4) is 0 Å². The van der Waals surface area contributed by atoms with E-state index in [4.69, 9.17) is 5.11 Å². The smallest absolute Gasteiger partial charge is 0.326 e. The number of amides is 2. The maximum atomic E-state index is 12.8. The number of anilines is 1. The second-order valence-electron chi connectivity index (χ2n) is 4.71. The quantitative estimate of drug-likeness (QED) is 0.844. The minimum absolute atomic E-state index is 0.0122. The van der Waals surface area contributed by atoms with Crippen LogP contribution in [0.15, 0.2) is 24.3 Å². The fourth-order valence-corrected chi connectivity index (χ4v) is 2.23. The number of aliphatic hydroxyl groups excluding tert-OH is 1. The Hall–Kier alpha value is -2.15. The second kappa shape index (κ2) is 5.46. The molecule has 0 aliphatic carbocycles. The van der Waals surface area contributed by atoms with Crippen molar-refractivity contribution in [3.05, 3.63) is 30.1 Å². The first kappa shape index (κ1) is 14.3. The summed E-state index contributed by atoms with van der Waals surface area (Å²) in [4.78, 5) is 25.7. The first-order valence-electron chi connectivity index (χ1n) is 6.11. The summed E-state index contributed by atoms with van der Waals surface area (Å²) < 4.78 is 12.8. The highest BCUT2D eigenvalue weighted by Crippen LogP contribution is 2.22. The van der Waals surface area contributed by atoms with Crippen LogP contribution in [0.5, 0.6) is 0 Å². The number of carboxylic acids is 1. The molecule has 2 amide bonds. The van der Waals surface area contributed by atoms with E-state index in [-0.39, 0.29) is 13.0 Å². The zero-order valence-electron chi connectivity index (χ0n) is 10.9. The molecule has 20 heavy (non-hydrogen) atoms. The molecule has 2 rings (SSSR count). The van der Waals surface area contributed by atoms with Crippen molar-refractivity contribution in [2.75, 3.05) is 18.5 Å². The number of aliphatic hydroxyl groups is 1. The largest absolute Gasteiger partial charge is 0.480 e. The summed E-state index contributed by atoms with van der Waals surface area (Å²) in [6, 6.07) is 3.70. The fraction of sp³-hybridized carbons (Fsp3) is 0.385. The monoisotopic (exact) mass is 282 g/mol. The maximum absolute atomic E-state index is 12.8. The Balaban J connectivity index is 2.17. The predicted molar refractivity (Wildman–Crippen MR) is 69.0 cm³/mol. The van der Waals surface area contributed by atoms with Crippen molar-refractivity contribution in [3.63, 3.8) is 0 Å². The van der Waals surface area contributed by atoms with Crippen molar-refractivity contribution in [2.24, 2.45) is 0 Å². The number of nitrogens with zero attached hydrogens (tertiary/aromatic N) is 2. The molecule has 7 heteroatoms. The third-order valence-electron chi connectivity index (χ3n) is 3.31. The first-order valence-corrected chi connectivity index (χ1v) is 6.11. The Bertz CT molecular complexity index is 520. The number of rotatable bonds is 2. The minimum Gasteiger partial charge on any atom is -0.480 e. The van der Waals surface area contributed by atoms with Gasteiger partial charge in [0.15, 0.2) is 0 Å². The van der Waals surface area contributed by atoms with Crippen molar-refractivity contribution < 1.29 is 24.2 Å². The summed E-state index contributed by atoms with van der Waals surface area (Å²) in [5.41, 5.74) is 0.446. The molecule has 1 aliphatic heterocycles. The van der Waals surface area contributed by atoms with Gasteiger partial charge in [0.05, 0.1) is 6.10 Å². The number of aliphatic carboxylic acids is 1. The van der Waals surface area contributed by atoms with E-state index in [9.17, 15) is 19.1 Å². The van der Waals surface area contributed by atoms with Crippen LogP contribution in [0.4, 0.5) is 14.9 Å². The number of carbonyl (C=O) groups excluding carboxylic acids is 1. The van der Waals surface area contributed by atoms with Crippen LogP contribution in [0.1, 0.15) is 6.42 Å². The Labute approximate surface area is 115 Å². The van der Waals surface area contributed by atoms with Crippen LogP contribution >= 0.6 is 0 Å². The highest BCUT2D eigenvalue weighted by atomic mass is 19.1. The second-order valence-corrected chi connectivity index (χ2v) is 4.71. The van der Waals surface area contributed by atoms with E-state index in [1.807, 2.05) is 0 Å². The van der Waals surface area contributed by atoms with E-state index >= 15 is 0 Å². The molecule has 6 nitrogen and oxygen atoms in total. The van der Waals surface area contributed by atoms with Gasteiger partial charge in [0.1, 0.15) is 11.9 Å². The summed E-state index contributed by atoms with van der Waals surface area (Å²) in [7, 11) is 1.47. The molecule has 1 saturated heterocycles. The number of halogens is 1. The van der Waals surface area contributed by atoms with Gasteiger partial charge in [0.25, 0.3) is 0 Å². The average Bonchev–Trinajstić information content (AvgIpc) is 2.80. The van der Waals surface area contributed by atoms with Gasteiger partial charge in [-0.15, -0.1) is 0 Å². The number of carbonyl (C=O) groups is 2. The molecule has 2 atom stereocenters. The average molecular weight is 282 g/mol. The molecule has 1 aromatic rings. The summed E-state index contributed by atoms with van der Waals surface area (Å²) in [5, 5.41) is 18.6. The molecule has 1 aromatic carbocycles. The Morgan fingerprint density at radius 2 is 1.95 bits per heavy atom. The van der Waals surface area contributed by atoms with Gasteiger partial charge >= 0.3 is 12.0 Å². The van der Waals surface area contributed by atoms with Crippen molar-refractivity contribution in [2.45, 2.75) is 18.6 Å². The van der Waals surface area contributed by atoms with Gasteiger partial charge < -0.3 is 15.1 Å². The highest BCUT2D eigenvalue weighted by molar-refractivity contribution is 5.94. The SMILES string of the molecule is CN(C(=O)N1CC(O)C[C@H]1C(=O)O)c1ccc(F)cc1. The Kier molecular flexibility index (Phi) is 3.89. The van der Waals surface area contributed by atoms with Crippen molar-refractivity contribution in [1.82, 2.24) is 4.90 Å². The number of hydrogen-bond donors (Lipinski definition) is 2. The van der Waals surface area contributed by atoms with E-state index in [0.717, 1.165) is 4.90 Å². The van der Waals surface area contributed by atoms with Crippen LogP contribution in [-0.4, -0.2) is 52.9 Å². The van der Waals surface area contributed by atoms with Crippen LogP contribution in [0.2, 0.25) is 0 Å². The molecule has 0 saturated carbocycles. The molecule has 2 N–H and O–H groups in total. The number of likely N-dealkylation sites (tertiary alicyclic amines) is 1. The molecular weight excluding hydrogens is 267 g/mol. The zero-order chi connectivity index (χ0) is 14.9. The molecule has 1 aliphatic rings. The topological polar surface area (TPSA) is 81.1 Å². The van der Waals surface area contributed by atoms with Gasteiger partial charge in [0, 0.05) is 25.7 Å². The van der Waals surface area contributed by atoms with E-state index in [1.54, 1.807) is 0 Å². The van der Waals surface area contributed by atoms with E-state index in [2.05, 4.69) is 0 Å². The molecule has 0 radical (unpaired) electrons. The lowest BCUT2D eigenvalue weighted by Gasteiger charge is -2.27. The lowest BCUT2D eigenvalue weighted by atomic mass is 10.2. The standard InChI is InChI=1S/C13H15FN2O4/c1-15(9-4-2-8(14)3-5-9)13(20)16-7-10(17)6-11(16)12(18)19/h2-5,10-11,17H,6-7H2,1H3,(H,18,19)/t10?,11-/m0/s1. The molecule has 0 aromatic heterocycles.